The van der Waals surface area contributed by atoms with Gasteiger partial charge in [-0.15, -0.1) is 12.4 Å². The van der Waals surface area contributed by atoms with Gasteiger partial charge >= 0.3 is 5.97 Å². The number of piperidine rings is 1. The summed E-state index contributed by atoms with van der Waals surface area (Å²) in [5, 5.41) is 0. The molecule has 0 radical (unpaired) electrons. The molecular weight excluding hydrogens is 342 g/mol. The third-order valence-electron chi connectivity index (χ3n) is 3.99. The molecule has 140 valence electrons. The van der Waals surface area contributed by atoms with Crippen molar-refractivity contribution in [3.8, 4) is 11.5 Å². The number of hydrogen-bond donors (Lipinski definition) is 0. The van der Waals surface area contributed by atoms with Crippen LogP contribution in [-0.2, 0) is 9.53 Å². The van der Waals surface area contributed by atoms with Gasteiger partial charge in [0, 0.05) is 13.1 Å². The molecule has 1 aromatic carbocycles. The van der Waals surface area contributed by atoms with E-state index < -0.39 is 0 Å². The van der Waals surface area contributed by atoms with Crippen molar-refractivity contribution in [2.45, 2.75) is 19.8 Å². The van der Waals surface area contributed by atoms with E-state index in [1.165, 1.54) is 0 Å². The molecule has 6 heteroatoms. The first-order valence-electron chi connectivity index (χ1n) is 8.58. The molecular formula is C19H28ClNO4. The lowest BCUT2D eigenvalue weighted by molar-refractivity contribution is -0.150. The Morgan fingerprint density at radius 2 is 1.96 bits per heavy atom. The highest BCUT2D eigenvalue weighted by atomic mass is 35.5. The van der Waals surface area contributed by atoms with Gasteiger partial charge < -0.3 is 14.2 Å². The first-order valence-corrected chi connectivity index (χ1v) is 8.58. The Kier molecular flexibility index (Phi) is 10.0. The maximum atomic E-state index is 11.8. The summed E-state index contributed by atoms with van der Waals surface area (Å²) in [6, 6.07) is 7.57. The lowest BCUT2D eigenvalue weighted by atomic mass is 9.98. The predicted octanol–water partition coefficient (Wildman–Crippen LogP) is 3.33. The summed E-state index contributed by atoms with van der Waals surface area (Å²) >= 11 is 0. The summed E-state index contributed by atoms with van der Waals surface area (Å²) in [6.45, 7) is 9.59. The van der Waals surface area contributed by atoms with Crippen molar-refractivity contribution in [1.82, 2.24) is 4.90 Å². The van der Waals surface area contributed by atoms with E-state index in [4.69, 9.17) is 14.2 Å². The van der Waals surface area contributed by atoms with E-state index in [2.05, 4.69) is 11.5 Å². The van der Waals surface area contributed by atoms with E-state index in [1.807, 2.05) is 31.2 Å². The van der Waals surface area contributed by atoms with Gasteiger partial charge in [0.25, 0.3) is 0 Å². The summed E-state index contributed by atoms with van der Waals surface area (Å²) in [6.07, 6.45) is 3.66. The molecule has 1 heterocycles. The normalized spacial score (nSPS) is 17.2. The summed E-state index contributed by atoms with van der Waals surface area (Å²) in [4.78, 5) is 14.1. The minimum Gasteiger partial charge on any atom is -0.492 e. The molecule has 5 nitrogen and oxygen atoms in total. The number of ether oxygens (including phenoxy) is 3. The lowest BCUT2D eigenvalue weighted by Gasteiger charge is -2.31. The van der Waals surface area contributed by atoms with E-state index in [9.17, 15) is 4.79 Å². The first-order chi connectivity index (χ1) is 11.7. The van der Waals surface area contributed by atoms with Crippen LogP contribution in [0.25, 0.3) is 0 Å². The maximum Gasteiger partial charge on any atom is 0.310 e. The van der Waals surface area contributed by atoms with Crippen LogP contribution in [0.15, 0.2) is 36.9 Å². The molecule has 0 bridgehead atoms. The summed E-state index contributed by atoms with van der Waals surface area (Å²) in [5.74, 6) is 1.55. The van der Waals surface area contributed by atoms with Crippen molar-refractivity contribution in [3.63, 3.8) is 0 Å². The topological polar surface area (TPSA) is 48.0 Å². The van der Waals surface area contributed by atoms with Crippen LogP contribution in [0.5, 0.6) is 11.5 Å². The molecule has 1 fully saturated rings. The standard InChI is InChI=1S/C19H27NO4.ClH/c1-3-13-23-17-7-9-18(10-8-17)24-14-12-20-11-5-6-16(15-20)19(21)22-4-2;/h3,7-10,16H,1,4-6,11-15H2,2H3;1H. The third kappa shape index (κ3) is 7.36. The van der Waals surface area contributed by atoms with Crippen molar-refractivity contribution < 1.29 is 19.0 Å². The molecule has 0 N–H and O–H groups in total. The number of nitrogens with zero attached hydrogens (tertiary/aromatic N) is 1. The molecule has 0 saturated carbocycles. The van der Waals surface area contributed by atoms with Crippen LogP contribution in [0.2, 0.25) is 0 Å². The van der Waals surface area contributed by atoms with E-state index in [-0.39, 0.29) is 24.3 Å². The van der Waals surface area contributed by atoms with E-state index in [1.54, 1.807) is 6.08 Å². The minimum absolute atomic E-state index is 0. The zero-order valence-electron chi connectivity index (χ0n) is 14.8. The number of rotatable bonds is 9. The number of esters is 1. The highest BCUT2D eigenvalue weighted by Crippen LogP contribution is 2.19. The molecule has 0 spiro atoms. The van der Waals surface area contributed by atoms with Crippen molar-refractivity contribution in [2.24, 2.45) is 5.92 Å². The molecule has 25 heavy (non-hydrogen) atoms. The second kappa shape index (κ2) is 11.8. The van der Waals surface area contributed by atoms with Crippen molar-refractivity contribution in [1.29, 1.82) is 0 Å². The fraction of sp³-hybridized carbons (Fsp3) is 0.526. The molecule has 1 aliphatic heterocycles. The Morgan fingerprint density at radius 1 is 1.28 bits per heavy atom. The summed E-state index contributed by atoms with van der Waals surface area (Å²) in [5.41, 5.74) is 0. The number of carbonyl (C=O) groups is 1. The minimum atomic E-state index is -0.0711. The third-order valence-corrected chi connectivity index (χ3v) is 3.99. The van der Waals surface area contributed by atoms with Crippen LogP contribution < -0.4 is 9.47 Å². The SMILES string of the molecule is C=CCOc1ccc(OCCN2CCCC(C(=O)OCC)C2)cc1.Cl. The molecule has 2 rings (SSSR count). The fourth-order valence-electron chi connectivity index (χ4n) is 2.79. The van der Waals surface area contributed by atoms with Crippen LogP contribution in [0.4, 0.5) is 0 Å². The number of hydrogen-bond acceptors (Lipinski definition) is 5. The molecule has 0 amide bonds. The first kappa shape index (κ1) is 21.3. The van der Waals surface area contributed by atoms with Crippen molar-refractivity contribution >= 4 is 18.4 Å². The summed E-state index contributed by atoms with van der Waals surface area (Å²) < 4.78 is 16.3. The van der Waals surface area contributed by atoms with Gasteiger partial charge in [0.1, 0.15) is 24.7 Å². The van der Waals surface area contributed by atoms with Crippen LogP contribution in [-0.4, -0.2) is 50.3 Å². The highest BCUT2D eigenvalue weighted by Gasteiger charge is 2.26. The Labute approximate surface area is 156 Å². The van der Waals surface area contributed by atoms with Gasteiger partial charge in [-0.25, -0.2) is 0 Å². The number of likely N-dealkylation sites (tertiary alicyclic amines) is 1. The Bertz CT molecular complexity index is 521. The quantitative estimate of drug-likeness (QED) is 0.493. The Balaban J connectivity index is 0.00000312. The van der Waals surface area contributed by atoms with Crippen LogP contribution >= 0.6 is 12.4 Å². The largest absolute Gasteiger partial charge is 0.492 e. The van der Waals surface area contributed by atoms with Gasteiger partial charge in [-0.2, -0.15) is 0 Å². The van der Waals surface area contributed by atoms with Gasteiger partial charge in [-0.1, -0.05) is 12.7 Å². The lowest BCUT2D eigenvalue weighted by Crippen LogP contribution is -2.41. The molecule has 0 aromatic heterocycles. The maximum absolute atomic E-state index is 11.8. The molecule has 1 atom stereocenters. The second-order valence-corrected chi connectivity index (χ2v) is 5.81. The van der Waals surface area contributed by atoms with Crippen LogP contribution in [0.3, 0.4) is 0 Å². The van der Waals surface area contributed by atoms with Crippen molar-refractivity contribution in [3.05, 3.63) is 36.9 Å². The Hall–Kier alpha value is -1.72. The van der Waals surface area contributed by atoms with Gasteiger partial charge in [0.15, 0.2) is 0 Å². The van der Waals surface area contributed by atoms with Gasteiger partial charge in [-0.3, -0.25) is 9.69 Å². The predicted molar refractivity (Wildman–Crippen MR) is 101 cm³/mol. The number of benzene rings is 1. The van der Waals surface area contributed by atoms with E-state index >= 15 is 0 Å². The second-order valence-electron chi connectivity index (χ2n) is 5.81. The number of carbonyl (C=O) groups excluding carboxylic acids is 1. The molecule has 0 aliphatic carbocycles. The van der Waals surface area contributed by atoms with Gasteiger partial charge in [0.2, 0.25) is 0 Å². The van der Waals surface area contributed by atoms with Gasteiger partial charge in [0.05, 0.1) is 12.5 Å². The highest BCUT2D eigenvalue weighted by molar-refractivity contribution is 5.85. The van der Waals surface area contributed by atoms with E-state index in [0.29, 0.717) is 19.8 Å². The molecule has 1 aromatic rings. The van der Waals surface area contributed by atoms with Gasteiger partial charge in [-0.05, 0) is 50.6 Å². The van der Waals surface area contributed by atoms with Crippen LogP contribution in [0, 0.1) is 5.92 Å². The molecule has 1 unspecified atom stereocenters. The number of halogens is 1. The smallest absolute Gasteiger partial charge is 0.310 e. The average molecular weight is 370 g/mol. The van der Waals surface area contributed by atoms with E-state index in [0.717, 1.165) is 44.0 Å². The Morgan fingerprint density at radius 3 is 2.60 bits per heavy atom. The molecule has 1 saturated heterocycles. The van der Waals surface area contributed by atoms with Crippen molar-refractivity contribution in [2.75, 3.05) is 39.5 Å². The molecule has 1 aliphatic rings. The van der Waals surface area contributed by atoms with Crippen LogP contribution in [0.1, 0.15) is 19.8 Å². The zero-order chi connectivity index (χ0) is 17.2. The average Bonchev–Trinajstić information content (AvgIpc) is 2.61. The summed E-state index contributed by atoms with van der Waals surface area (Å²) in [7, 11) is 0. The zero-order valence-corrected chi connectivity index (χ0v) is 15.6. The monoisotopic (exact) mass is 369 g/mol. The fourth-order valence-corrected chi connectivity index (χ4v) is 2.79.